The molecule has 0 unspecified atom stereocenters. The van der Waals surface area contributed by atoms with E-state index in [9.17, 15) is 18.0 Å². The van der Waals surface area contributed by atoms with Crippen molar-refractivity contribution in [1.82, 2.24) is 24.2 Å². The first-order chi connectivity index (χ1) is 23.0. The average Bonchev–Trinajstić information content (AvgIpc) is 3.61. The Kier molecular flexibility index (Phi) is 10.8. The van der Waals surface area contributed by atoms with E-state index in [4.69, 9.17) is 9.47 Å². The number of ether oxygens (including phenoxy) is 2. The number of para-hydroxylation sites is 1. The van der Waals surface area contributed by atoms with Crippen LogP contribution in [0.15, 0.2) is 36.4 Å². The van der Waals surface area contributed by atoms with Crippen LogP contribution in [0.1, 0.15) is 38.3 Å². The number of sulfonamides is 1. The molecule has 268 valence electrons. The number of hydrogen-bond donors (Lipinski definition) is 2. The highest BCUT2D eigenvalue weighted by Gasteiger charge is 2.29. The summed E-state index contributed by atoms with van der Waals surface area (Å²) in [6, 6.07) is 11.8. The first-order valence-electron chi connectivity index (χ1n) is 16.7. The van der Waals surface area contributed by atoms with E-state index in [1.54, 1.807) is 12.1 Å². The fraction of sp³-hybridized carbons (Fsp3) is 0.543. The smallest absolute Gasteiger partial charge is 0.418 e. The number of anilines is 2. The van der Waals surface area contributed by atoms with Gasteiger partial charge in [0.05, 0.1) is 36.8 Å². The summed E-state index contributed by atoms with van der Waals surface area (Å²) in [7, 11) is 3.88. The van der Waals surface area contributed by atoms with Crippen molar-refractivity contribution in [2.24, 2.45) is 7.05 Å². The molecule has 2 aromatic carbocycles. The number of carbonyl (C=O) groups is 2. The van der Waals surface area contributed by atoms with E-state index in [0.717, 1.165) is 60.9 Å². The highest BCUT2D eigenvalue weighted by molar-refractivity contribution is 7.92. The number of hydrogen-bond acceptors (Lipinski definition) is 9. The highest BCUT2D eigenvalue weighted by atomic mass is 32.2. The number of amides is 2. The molecule has 3 heterocycles. The lowest BCUT2D eigenvalue weighted by Crippen LogP contribution is -2.50. The Labute approximate surface area is 290 Å². The fourth-order valence-electron chi connectivity index (χ4n) is 6.81. The summed E-state index contributed by atoms with van der Waals surface area (Å²) in [6.07, 6.45) is 1.42. The molecule has 49 heavy (non-hydrogen) atoms. The van der Waals surface area contributed by atoms with Gasteiger partial charge in [-0.05, 0) is 43.1 Å². The maximum absolute atomic E-state index is 13.4. The lowest BCUT2D eigenvalue weighted by molar-refractivity contribution is -0.134. The summed E-state index contributed by atoms with van der Waals surface area (Å²) in [5.74, 6) is 0.745. The van der Waals surface area contributed by atoms with Crippen LogP contribution in [0.4, 0.5) is 16.2 Å². The van der Waals surface area contributed by atoms with E-state index >= 15 is 0 Å². The Morgan fingerprint density at radius 2 is 1.73 bits per heavy atom. The van der Waals surface area contributed by atoms with Crippen LogP contribution in [-0.2, 0) is 33.8 Å². The number of carbonyl (C=O) groups excluding carboxylic acids is 2. The van der Waals surface area contributed by atoms with Crippen molar-refractivity contribution in [3.8, 4) is 11.6 Å². The number of piperazine rings is 1. The van der Waals surface area contributed by atoms with Gasteiger partial charge in [0.1, 0.15) is 0 Å². The third kappa shape index (κ3) is 8.66. The van der Waals surface area contributed by atoms with Gasteiger partial charge in [-0.2, -0.15) is 0 Å². The summed E-state index contributed by atoms with van der Waals surface area (Å²) in [5, 5.41) is 3.76. The SMILES string of the molecule is COc1c(NS(C)(=O)=O)ccc(C(C)(C)C)c1NC(=O)Oc1cc2cccc(CN3CCN(C(=O)CN4CC[C@@H](N(C)C)C4)CC3)c2n1C. The van der Waals surface area contributed by atoms with Gasteiger partial charge in [-0.25, -0.2) is 13.2 Å². The molecule has 1 aromatic heterocycles. The number of aromatic nitrogens is 1. The lowest BCUT2D eigenvalue weighted by Gasteiger charge is -2.35. The minimum absolute atomic E-state index is 0.185. The summed E-state index contributed by atoms with van der Waals surface area (Å²) in [6.45, 7) is 12.0. The number of rotatable bonds is 10. The molecule has 2 N–H and O–H groups in total. The number of methoxy groups -OCH3 is 1. The molecule has 1 atom stereocenters. The van der Waals surface area contributed by atoms with E-state index in [-0.39, 0.29) is 17.3 Å². The van der Waals surface area contributed by atoms with Crippen molar-refractivity contribution >= 4 is 44.3 Å². The summed E-state index contributed by atoms with van der Waals surface area (Å²) >= 11 is 0. The van der Waals surface area contributed by atoms with E-state index in [1.807, 2.05) is 55.5 Å². The third-order valence-corrected chi connectivity index (χ3v) is 10.0. The molecule has 2 aliphatic heterocycles. The molecule has 0 saturated carbocycles. The van der Waals surface area contributed by atoms with Crippen LogP contribution in [0.25, 0.3) is 10.9 Å². The maximum Gasteiger partial charge on any atom is 0.418 e. The van der Waals surface area contributed by atoms with Gasteiger partial charge < -0.3 is 23.8 Å². The second-order valence-corrected chi connectivity index (χ2v) is 16.2. The molecule has 3 aromatic rings. The Morgan fingerprint density at radius 1 is 1.02 bits per heavy atom. The fourth-order valence-corrected chi connectivity index (χ4v) is 7.37. The van der Waals surface area contributed by atoms with Crippen LogP contribution in [0.2, 0.25) is 0 Å². The number of likely N-dealkylation sites (N-methyl/N-ethyl adjacent to an activating group) is 1. The molecule has 2 fully saturated rings. The molecular weight excluding hydrogens is 646 g/mol. The second kappa shape index (κ2) is 14.6. The minimum atomic E-state index is -3.60. The van der Waals surface area contributed by atoms with Crippen molar-refractivity contribution < 1.29 is 27.5 Å². The van der Waals surface area contributed by atoms with Crippen LogP contribution >= 0.6 is 0 Å². The first-order valence-corrected chi connectivity index (χ1v) is 18.6. The van der Waals surface area contributed by atoms with Crippen molar-refractivity contribution in [3.05, 3.63) is 47.5 Å². The van der Waals surface area contributed by atoms with Crippen LogP contribution in [-0.4, -0.2) is 124 Å². The maximum atomic E-state index is 13.4. The van der Waals surface area contributed by atoms with Gasteiger partial charge in [-0.15, -0.1) is 0 Å². The van der Waals surface area contributed by atoms with E-state index in [0.29, 0.717) is 43.8 Å². The molecular formula is C35H51N7O6S. The average molecular weight is 698 g/mol. The van der Waals surface area contributed by atoms with E-state index in [1.165, 1.54) is 7.11 Å². The molecule has 2 saturated heterocycles. The summed E-state index contributed by atoms with van der Waals surface area (Å²) in [4.78, 5) is 35.3. The van der Waals surface area contributed by atoms with Crippen molar-refractivity contribution in [2.75, 3.05) is 83.3 Å². The lowest BCUT2D eigenvalue weighted by atomic mass is 9.85. The van der Waals surface area contributed by atoms with Gasteiger partial charge >= 0.3 is 6.09 Å². The monoisotopic (exact) mass is 697 g/mol. The largest absolute Gasteiger partial charge is 0.492 e. The number of likely N-dealkylation sites (tertiary alicyclic amines) is 1. The Balaban J connectivity index is 1.26. The Bertz CT molecular complexity index is 1790. The predicted molar refractivity (Wildman–Crippen MR) is 193 cm³/mol. The molecule has 13 nitrogen and oxygen atoms in total. The van der Waals surface area contributed by atoms with Crippen LogP contribution in [0.3, 0.4) is 0 Å². The highest BCUT2D eigenvalue weighted by Crippen LogP contribution is 2.42. The van der Waals surface area contributed by atoms with Crippen LogP contribution in [0.5, 0.6) is 11.6 Å². The molecule has 2 amide bonds. The molecule has 0 spiro atoms. The second-order valence-electron chi connectivity index (χ2n) is 14.4. The quantitative estimate of drug-likeness (QED) is 0.326. The number of nitrogens with one attached hydrogen (secondary N) is 2. The zero-order valence-electron chi connectivity index (χ0n) is 30.0. The summed E-state index contributed by atoms with van der Waals surface area (Å²) in [5.41, 5.74) is 2.92. The standard InChI is InChI=1S/C35H51N7O6S/c1-35(2,3)27-12-13-28(37-49(8,45)46)33(47-7)31(27)36-34(44)48-30-20-24-10-9-11-25(32(24)39(30)6)21-40-16-18-42(19-17-40)29(43)23-41-15-14-26(22-41)38(4)5/h9-13,20,26,37H,14-19,21-23H2,1-8H3,(H,36,44)/t26-/m1/s1. The Morgan fingerprint density at radius 3 is 2.35 bits per heavy atom. The topological polar surface area (TPSA) is 129 Å². The molecule has 0 aliphatic carbocycles. The van der Waals surface area contributed by atoms with Crippen molar-refractivity contribution in [2.45, 2.75) is 45.2 Å². The van der Waals surface area contributed by atoms with Gasteiger partial charge in [0.25, 0.3) is 0 Å². The molecule has 2 aliphatic rings. The third-order valence-electron chi connectivity index (χ3n) is 9.44. The zero-order chi connectivity index (χ0) is 35.7. The first kappa shape index (κ1) is 36.4. The van der Waals surface area contributed by atoms with Gasteiger partial charge in [0, 0.05) is 70.4 Å². The van der Waals surface area contributed by atoms with Crippen molar-refractivity contribution in [1.29, 1.82) is 0 Å². The number of nitrogens with zero attached hydrogens (tertiary/aromatic N) is 5. The van der Waals surface area contributed by atoms with Gasteiger partial charge in [-0.3, -0.25) is 24.6 Å². The molecule has 0 radical (unpaired) electrons. The Hall–Kier alpha value is -3.85. The predicted octanol–water partition coefficient (Wildman–Crippen LogP) is 3.75. The van der Waals surface area contributed by atoms with Gasteiger partial charge in [0.2, 0.25) is 21.8 Å². The minimum Gasteiger partial charge on any atom is -0.492 e. The van der Waals surface area contributed by atoms with Gasteiger partial charge in [-0.1, -0.05) is 45.0 Å². The van der Waals surface area contributed by atoms with E-state index in [2.05, 4.69) is 44.9 Å². The molecule has 5 rings (SSSR count). The summed E-state index contributed by atoms with van der Waals surface area (Å²) < 4.78 is 39.8. The number of benzene rings is 2. The zero-order valence-corrected chi connectivity index (χ0v) is 30.8. The normalized spacial score (nSPS) is 17.9. The van der Waals surface area contributed by atoms with Crippen LogP contribution in [0, 0.1) is 0 Å². The van der Waals surface area contributed by atoms with Crippen LogP contribution < -0.4 is 19.5 Å². The number of fused-ring (bicyclic) bond motifs is 1. The van der Waals surface area contributed by atoms with E-state index < -0.39 is 21.5 Å². The van der Waals surface area contributed by atoms with Gasteiger partial charge in [0.15, 0.2) is 5.75 Å². The molecule has 0 bridgehead atoms. The molecule has 14 heteroatoms. The van der Waals surface area contributed by atoms with Crippen molar-refractivity contribution in [3.63, 3.8) is 0 Å². The number of aryl methyl sites for hydroxylation is 1.